The highest BCUT2D eigenvalue weighted by atomic mass is 35.5. The largest absolute Gasteiger partial charge is 0.417 e. The number of nitriles is 1. The van der Waals surface area contributed by atoms with Gasteiger partial charge in [-0.1, -0.05) is 17.7 Å². The Kier molecular flexibility index (Phi) is 3.48. The number of aromatic nitrogens is 3. The quantitative estimate of drug-likeness (QED) is 0.672. The Morgan fingerprint density at radius 2 is 2.04 bits per heavy atom. The monoisotopic (exact) mass is 362 g/mol. The average Bonchev–Trinajstić information content (AvgIpc) is 3.22. The van der Waals surface area contributed by atoms with Gasteiger partial charge in [0.2, 0.25) is 0 Å². The number of rotatable bonds is 2. The number of hydrogen-bond acceptors (Lipinski definition) is 3. The molecule has 1 saturated carbocycles. The van der Waals surface area contributed by atoms with Gasteiger partial charge in [-0.3, -0.25) is 0 Å². The first kappa shape index (κ1) is 15.9. The highest BCUT2D eigenvalue weighted by Gasteiger charge is 2.43. The van der Waals surface area contributed by atoms with E-state index in [4.69, 9.17) is 16.9 Å². The molecular weight excluding hydrogens is 353 g/mol. The predicted molar refractivity (Wildman–Crippen MR) is 84.3 cm³/mol. The number of halogens is 4. The van der Waals surface area contributed by atoms with Crippen LogP contribution in [0.4, 0.5) is 13.2 Å². The second-order valence-corrected chi connectivity index (χ2v) is 6.37. The summed E-state index contributed by atoms with van der Waals surface area (Å²) in [6.45, 7) is 0. The molecule has 0 radical (unpaired) electrons. The molecule has 0 bridgehead atoms. The first-order chi connectivity index (χ1) is 11.9. The van der Waals surface area contributed by atoms with E-state index in [-0.39, 0.29) is 17.4 Å². The van der Waals surface area contributed by atoms with Crippen LogP contribution in [0.15, 0.2) is 36.7 Å². The van der Waals surface area contributed by atoms with Crippen LogP contribution in [0.1, 0.15) is 40.5 Å². The number of nitrogens with zero attached hydrogens (tertiary/aromatic N) is 4. The molecule has 25 heavy (non-hydrogen) atoms. The van der Waals surface area contributed by atoms with E-state index in [1.807, 2.05) is 0 Å². The number of benzene rings is 1. The molecule has 2 aromatic heterocycles. The molecular formula is C17H10ClF3N4. The zero-order chi connectivity index (χ0) is 17.8. The molecule has 4 nitrogen and oxygen atoms in total. The summed E-state index contributed by atoms with van der Waals surface area (Å²) >= 11 is 6.03. The van der Waals surface area contributed by atoms with Crippen LogP contribution in [0.2, 0.25) is 5.15 Å². The van der Waals surface area contributed by atoms with Gasteiger partial charge in [0.25, 0.3) is 0 Å². The smallest absolute Gasteiger partial charge is 0.235 e. The van der Waals surface area contributed by atoms with Gasteiger partial charge >= 0.3 is 6.18 Å². The maximum absolute atomic E-state index is 13.1. The van der Waals surface area contributed by atoms with Crippen LogP contribution in [-0.2, 0) is 6.18 Å². The SMILES string of the molecule is N#Cc1ccc([C@H]2C[C@@H]2c2cc(Cl)nn3ccnc23)cc1C(F)(F)F. The van der Waals surface area contributed by atoms with Crippen LogP contribution in [0.5, 0.6) is 0 Å². The number of hydrogen-bond donors (Lipinski definition) is 0. The third kappa shape index (κ3) is 2.72. The van der Waals surface area contributed by atoms with Crippen molar-refractivity contribution in [3.8, 4) is 6.07 Å². The molecule has 1 aliphatic carbocycles. The first-order valence-electron chi connectivity index (χ1n) is 7.49. The van der Waals surface area contributed by atoms with Gasteiger partial charge in [-0.15, -0.1) is 0 Å². The Morgan fingerprint density at radius 3 is 2.76 bits per heavy atom. The maximum atomic E-state index is 13.1. The maximum Gasteiger partial charge on any atom is 0.417 e. The molecule has 3 aromatic rings. The zero-order valence-corrected chi connectivity index (χ0v) is 13.4. The topological polar surface area (TPSA) is 54.0 Å². The minimum Gasteiger partial charge on any atom is -0.235 e. The Morgan fingerprint density at radius 1 is 1.24 bits per heavy atom. The summed E-state index contributed by atoms with van der Waals surface area (Å²) in [5, 5.41) is 13.3. The third-order valence-electron chi connectivity index (χ3n) is 4.45. The van der Waals surface area contributed by atoms with E-state index in [1.165, 1.54) is 6.07 Å². The van der Waals surface area contributed by atoms with Crippen molar-refractivity contribution >= 4 is 17.2 Å². The Balaban J connectivity index is 1.72. The minimum absolute atomic E-state index is 0.0272. The molecule has 126 valence electrons. The van der Waals surface area contributed by atoms with E-state index >= 15 is 0 Å². The lowest BCUT2D eigenvalue weighted by molar-refractivity contribution is -0.137. The molecule has 0 saturated heterocycles. The van der Waals surface area contributed by atoms with Crippen LogP contribution in [0.25, 0.3) is 5.65 Å². The Labute approximate surface area is 145 Å². The van der Waals surface area contributed by atoms with Crippen molar-refractivity contribution in [2.24, 2.45) is 0 Å². The lowest BCUT2D eigenvalue weighted by Crippen LogP contribution is -2.08. The van der Waals surface area contributed by atoms with Crippen molar-refractivity contribution in [3.05, 3.63) is 64.1 Å². The predicted octanol–water partition coefficient (Wildman–Crippen LogP) is 4.54. The van der Waals surface area contributed by atoms with Gasteiger partial charge in [-0.2, -0.15) is 23.5 Å². The normalized spacial score (nSPS) is 19.8. The van der Waals surface area contributed by atoms with Crippen molar-refractivity contribution in [2.45, 2.75) is 24.4 Å². The van der Waals surface area contributed by atoms with Crippen LogP contribution in [-0.4, -0.2) is 14.6 Å². The number of imidazole rings is 1. The lowest BCUT2D eigenvalue weighted by Gasteiger charge is -2.11. The molecule has 0 unspecified atom stereocenters. The van der Waals surface area contributed by atoms with Crippen LogP contribution in [0, 0.1) is 11.3 Å². The Hall–Kier alpha value is -2.59. The second kappa shape index (κ2) is 5.46. The zero-order valence-electron chi connectivity index (χ0n) is 12.6. The van der Waals surface area contributed by atoms with Gasteiger partial charge in [0, 0.05) is 18.0 Å². The summed E-state index contributed by atoms with van der Waals surface area (Å²) in [5.41, 5.74) is 0.830. The van der Waals surface area contributed by atoms with Crippen LogP contribution in [0.3, 0.4) is 0 Å². The molecule has 8 heteroatoms. The van der Waals surface area contributed by atoms with Gasteiger partial charge in [-0.25, -0.2) is 9.50 Å². The number of alkyl halides is 3. The molecule has 1 aromatic carbocycles. The minimum atomic E-state index is -4.55. The highest BCUT2D eigenvalue weighted by molar-refractivity contribution is 6.29. The molecule has 0 amide bonds. The molecule has 0 spiro atoms. The van der Waals surface area contributed by atoms with Gasteiger partial charge in [-0.05, 0) is 42.0 Å². The van der Waals surface area contributed by atoms with E-state index in [0.29, 0.717) is 22.8 Å². The molecule has 0 aliphatic heterocycles. The standard InChI is InChI=1S/C17H10ClF3N4/c18-15-7-13(16-23-3-4-25(16)24-15)12-6-11(12)9-1-2-10(8-22)14(5-9)17(19,20)21/h1-5,7,11-12H,6H2/t11-,12+/m1/s1. The van der Waals surface area contributed by atoms with Crippen molar-refractivity contribution in [1.29, 1.82) is 5.26 Å². The van der Waals surface area contributed by atoms with E-state index in [2.05, 4.69) is 10.1 Å². The van der Waals surface area contributed by atoms with E-state index in [0.717, 1.165) is 11.6 Å². The fraction of sp³-hybridized carbons (Fsp3) is 0.235. The first-order valence-corrected chi connectivity index (χ1v) is 7.87. The molecule has 1 fully saturated rings. The molecule has 2 atom stereocenters. The van der Waals surface area contributed by atoms with Gasteiger partial charge in [0.05, 0.1) is 17.2 Å². The highest BCUT2D eigenvalue weighted by Crippen LogP contribution is 2.56. The summed E-state index contributed by atoms with van der Waals surface area (Å²) in [6, 6.07) is 7.21. The number of fused-ring (bicyclic) bond motifs is 1. The molecule has 0 N–H and O–H groups in total. The molecule has 1 aliphatic rings. The molecule has 4 rings (SSSR count). The second-order valence-electron chi connectivity index (χ2n) is 5.98. The Bertz CT molecular complexity index is 1020. The average molecular weight is 363 g/mol. The third-order valence-corrected chi connectivity index (χ3v) is 4.63. The summed E-state index contributed by atoms with van der Waals surface area (Å²) in [6.07, 6.45) is -0.581. The fourth-order valence-corrected chi connectivity index (χ4v) is 3.41. The van der Waals surface area contributed by atoms with Crippen molar-refractivity contribution in [3.63, 3.8) is 0 Å². The van der Waals surface area contributed by atoms with Crippen LogP contribution >= 0.6 is 11.6 Å². The molecule has 2 heterocycles. The summed E-state index contributed by atoms with van der Waals surface area (Å²) in [7, 11) is 0. The van der Waals surface area contributed by atoms with E-state index < -0.39 is 11.7 Å². The van der Waals surface area contributed by atoms with Crippen LogP contribution < -0.4 is 0 Å². The van der Waals surface area contributed by atoms with Crippen molar-refractivity contribution < 1.29 is 13.2 Å². The van der Waals surface area contributed by atoms with Gasteiger partial charge < -0.3 is 0 Å². The van der Waals surface area contributed by atoms with E-state index in [1.54, 1.807) is 35.1 Å². The summed E-state index contributed by atoms with van der Waals surface area (Å²) in [4.78, 5) is 4.25. The fourth-order valence-electron chi connectivity index (χ4n) is 3.21. The van der Waals surface area contributed by atoms with Gasteiger partial charge in [0.1, 0.15) is 5.15 Å². The summed E-state index contributed by atoms with van der Waals surface area (Å²) < 4.78 is 41.0. The lowest BCUT2D eigenvalue weighted by atomic mass is 9.99. The van der Waals surface area contributed by atoms with Crippen molar-refractivity contribution in [2.75, 3.05) is 0 Å². The van der Waals surface area contributed by atoms with Gasteiger partial charge in [0.15, 0.2) is 5.65 Å². The van der Waals surface area contributed by atoms with E-state index in [9.17, 15) is 13.2 Å². The summed E-state index contributed by atoms with van der Waals surface area (Å²) in [5.74, 6) is -0.0350. The van der Waals surface area contributed by atoms with Crippen molar-refractivity contribution in [1.82, 2.24) is 14.6 Å².